The molecule has 0 aromatic heterocycles. The minimum absolute atomic E-state index is 0.530. The van der Waals surface area contributed by atoms with E-state index < -0.39 is 10.8 Å². The van der Waals surface area contributed by atoms with E-state index in [0.29, 0.717) is 18.0 Å². The van der Waals surface area contributed by atoms with E-state index in [9.17, 15) is 4.21 Å². The van der Waals surface area contributed by atoms with Crippen LogP contribution >= 0.6 is 0 Å². The summed E-state index contributed by atoms with van der Waals surface area (Å²) in [7, 11) is -0.530. The van der Waals surface area contributed by atoms with Crippen LogP contribution in [0.25, 0.3) is 0 Å². The molecule has 0 spiro atoms. The highest BCUT2D eigenvalue weighted by atomic mass is 32.2. The summed E-state index contributed by atoms with van der Waals surface area (Å²) in [6.07, 6.45) is 2.27. The zero-order chi connectivity index (χ0) is 11.5. The predicted molar refractivity (Wildman–Crippen MR) is 69.1 cm³/mol. The summed E-state index contributed by atoms with van der Waals surface area (Å²) < 4.78 is 11.4. The first-order valence-electron chi connectivity index (χ1n) is 6.50. The molecule has 2 aliphatic rings. The van der Waals surface area contributed by atoms with Crippen molar-refractivity contribution >= 4 is 10.8 Å². The molecule has 0 aliphatic carbocycles. The second-order valence-corrected chi connectivity index (χ2v) is 7.03. The SMILES string of the molecule is CC(C)C1CNCCN1C1CCS(=O)CC1. The molecule has 0 saturated carbocycles. The lowest BCUT2D eigenvalue weighted by Crippen LogP contribution is -2.58. The quantitative estimate of drug-likeness (QED) is 0.781. The van der Waals surface area contributed by atoms with E-state index in [4.69, 9.17) is 0 Å². The predicted octanol–water partition coefficient (Wildman–Crippen LogP) is 0.827. The van der Waals surface area contributed by atoms with Gasteiger partial charge in [0.2, 0.25) is 0 Å². The number of nitrogens with one attached hydrogen (secondary N) is 1. The molecule has 0 bridgehead atoms. The second kappa shape index (κ2) is 5.61. The molecule has 0 aromatic carbocycles. The van der Waals surface area contributed by atoms with Crippen LogP contribution in [0.15, 0.2) is 0 Å². The number of rotatable bonds is 2. The summed E-state index contributed by atoms with van der Waals surface area (Å²) >= 11 is 0. The molecule has 2 heterocycles. The molecule has 2 aliphatic heterocycles. The van der Waals surface area contributed by atoms with Gasteiger partial charge in [0.25, 0.3) is 0 Å². The molecule has 0 radical (unpaired) electrons. The van der Waals surface area contributed by atoms with Crippen LogP contribution in [0.2, 0.25) is 0 Å². The fourth-order valence-electron chi connectivity index (χ4n) is 2.93. The van der Waals surface area contributed by atoms with Crippen LogP contribution in [0, 0.1) is 5.92 Å². The van der Waals surface area contributed by atoms with Gasteiger partial charge in [-0.3, -0.25) is 9.11 Å². The largest absolute Gasteiger partial charge is 0.314 e. The Morgan fingerprint density at radius 1 is 1.31 bits per heavy atom. The lowest BCUT2D eigenvalue weighted by Gasteiger charge is -2.44. The van der Waals surface area contributed by atoms with Crippen molar-refractivity contribution in [1.82, 2.24) is 10.2 Å². The molecule has 1 atom stereocenters. The van der Waals surface area contributed by atoms with Crippen molar-refractivity contribution in [2.45, 2.75) is 38.8 Å². The third-order valence-electron chi connectivity index (χ3n) is 3.92. The van der Waals surface area contributed by atoms with E-state index in [0.717, 1.165) is 37.4 Å². The molecular formula is C12H24N2OS. The minimum Gasteiger partial charge on any atom is -0.314 e. The zero-order valence-electron chi connectivity index (χ0n) is 10.4. The Morgan fingerprint density at radius 2 is 2.00 bits per heavy atom. The summed E-state index contributed by atoms with van der Waals surface area (Å²) in [5.74, 6) is 2.54. The van der Waals surface area contributed by atoms with Gasteiger partial charge in [-0.05, 0) is 18.8 Å². The molecule has 2 saturated heterocycles. The van der Waals surface area contributed by atoms with Crippen molar-refractivity contribution in [3.05, 3.63) is 0 Å². The van der Waals surface area contributed by atoms with Gasteiger partial charge in [-0.2, -0.15) is 0 Å². The first-order chi connectivity index (χ1) is 7.68. The van der Waals surface area contributed by atoms with Gasteiger partial charge >= 0.3 is 0 Å². The van der Waals surface area contributed by atoms with Gasteiger partial charge in [0.05, 0.1) is 0 Å². The standard InChI is InChI=1S/C12H24N2OS/c1-10(2)12-9-13-5-6-14(12)11-3-7-16(15)8-4-11/h10-13H,3-9H2,1-2H3. The van der Waals surface area contributed by atoms with Gasteiger partial charge in [0.1, 0.15) is 0 Å². The smallest absolute Gasteiger partial charge is 0.0249 e. The van der Waals surface area contributed by atoms with E-state index >= 15 is 0 Å². The average molecular weight is 244 g/mol. The maximum atomic E-state index is 11.4. The van der Waals surface area contributed by atoms with E-state index in [1.54, 1.807) is 0 Å². The molecular weight excluding hydrogens is 220 g/mol. The molecule has 94 valence electrons. The van der Waals surface area contributed by atoms with Crippen LogP contribution in [-0.4, -0.2) is 52.3 Å². The second-order valence-electron chi connectivity index (χ2n) is 5.33. The first-order valence-corrected chi connectivity index (χ1v) is 7.98. The Balaban J connectivity index is 1.97. The van der Waals surface area contributed by atoms with Gasteiger partial charge in [0.15, 0.2) is 0 Å². The fourth-order valence-corrected chi connectivity index (χ4v) is 4.20. The topological polar surface area (TPSA) is 32.3 Å². The molecule has 1 N–H and O–H groups in total. The van der Waals surface area contributed by atoms with Gasteiger partial charge in [0, 0.05) is 54.0 Å². The molecule has 3 nitrogen and oxygen atoms in total. The Kier molecular flexibility index (Phi) is 4.39. The summed E-state index contributed by atoms with van der Waals surface area (Å²) in [6, 6.07) is 1.36. The first kappa shape index (κ1) is 12.5. The van der Waals surface area contributed by atoms with Crippen molar-refractivity contribution in [3.63, 3.8) is 0 Å². The lowest BCUT2D eigenvalue weighted by molar-refractivity contribution is 0.0719. The third kappa shape index (κ3) is 2.84. The molecule has 1 unspecified atom stereocenters. The van der Waals surface area contributed by atoms with Crippen molar-refractivity contribution in [3.8, 4) is 0 Å². The van der Waals surface area contributed by atoms with E-state index in [1.807, 2.05) is 0 Å². The lowest BCUT2D eigenvalue weighted by atomic mass is 9.96. The summed E-state index contributed by atoms with van der Waals surface area (Å²) in [6.45, 7) is 8.03. The van der Waals surface area contributed by atoms with Gasteiger partial charge in [-0.15, -0.1) is 0 Å². The van der Waals surface area contributed by atoms with E-state index in [2.05, 4.69) is 24.1 Å². The Labute approximate surface area is 101 Å². The number of hydrogen-bond donors (Lipinski definition) is 1. The average Bonchev–Trinajstić information content (AvgIpc) is 2.30. The Hall–Kier alpha value is 0.0700. The minimum atomic E-state index is -0.530. The third-order valence-corrected chi connectivity index (χ3v) is 5.30. The highest BCUT2D eigenvalue weighted by Crippen LogP contribution is 2.22. The number of hydrogen-bond acceptors (Lipinski definition) is 3. The highest BCUT2D eigenvalue weighted by Gasteiger charge is 2.32. The zero-order valence-corrected chi connectivity index (χ0v) is 11.3. The fraction of sp³-hybridized carbons (Fsp3) is 1.00. The number of piperazine rings is 1. The van der Waals surface area contributed by atoms with Gasteiger partial charge in [-0.25, -0.2) is 0 Å². The van der Waals surface area contributed by atoms with Crippen molar-refractivity contribution < 1.29 is 4.21 Å². The molecule has 0 amide bonds. The van der Waals surface area contributed by atoms with Gasteiger partial charge in [-0.1, -0.05) is 13.8 Å². The van der Waals surface area contributed by atoms with Crippen molar-refractivity contribution in [2.75, 3.05) is 31.1 Å². The van der Waals surface area contributed by atoms with Crippen molar-refractivity contribution in [1.29, 1.82) is 0 Å². The van der Waals surface area contributed by atoms with E-state index in [1.165, 1.54) is 6.54 Å². The van der Waals surface area contributed by atoms with Gasteiger partial charge < -0.3 is 5.32 Å². The summed E-state index contributed by atoms with van der Waals surface area (Å²) in [5, 5.41) is 3.49. The Morgan fingerprint density at radius 3 is 2.62 bits per heavy atom. The summed E-state index contributed by atoms with van der Waals surface area (Å²) in [4.78, 5) is 2.68. The van der Waals surface area contributed by atoms with Crippen molar-refractivity contribution in [2.24, 2.45) is 5.92 Å². The molecule has 2 fully saturated rings. The molecule has 16 heavy (non-hydrogen) atoms. The van der Waals surface area contributed by atoms with Crippen LogP contribution in [0.3, 0.4) is 0 Å². The maximum Gasteiger partial charge on any atom is 0.0249 e. The van der Waals surface area contributed by atoms with E-state index in [-0.39, 0.29) is 0 Å². The molecule has 0 aromatic rings. The van der Waals surface area contributed by atoms with Crippen LogP contribution < -0.4 is 5.32 Å². The molecule has 4 heteroatoms. The number of nitrogens with zero attached hydrogens (tertiary/aromatic N) is 1. The van der Waals surface area contributed by atoms with Crippen LogP contribution in [0.4, 0.5) is 0 Å². The monoisotopic (exact) mass is 244 g/mol. The summed E-state index contributed by atoms with van der Waals surface area (Å²) in [5.41, 5.74) is 0. The maximum absolute atomic E-state index is 11.4. The normalized spacial score (nSPS) is 37.8. The van der Waals surface area contributed by atoms with Crippen LogP contribution in [-0.2, 0) is 10.8 Å². The highest BCUT2D eigenvalue weighted by molar-refractivity contribution is 7.85. The Bertz CT molecular complexity index is 247. The molecule has 2 rings (SSSR count). The van der Waals surface area contributed by atoms with Crippen LogP contribution in [0.1, 0.15) is 26.7 Å². The van der Waals surface area contributed by atoms with Crippen LogP contribution in [0.5, 0.6) is 0 Å².